The second kappa shape index (κ2) is 8.30. The fourth-order valence-electron chi connectivity index (χ4n) is 2.57. The molecule has 0 amide bonds. The molecule has 0 bridgehead atoms. The maximum absolute atomic E-state index is 13.3. The molecule has 2 N–H and O–H groups in total. The summed E-state index contributed by atoms with van der Waals surface area (Å²) in [7, 11) is 1.41. The van der Waals surface area contributed by atoms with Crippen LogP contribution in [0.3, 0.4) is 0 Å². The Hall–Kier alpha value is -2.78. The molecule has 3 aromatic rings. The van der Waals surface area contributed by atoms with Crippen molar-refractivity contribution in [2.24, 2.45) is 0 Å². The van der Waals surface area contributed by atoms with E-state index in [-0.39, 0.29) is 11.3 Å². The van der Waals surface area contributed by atoms with Gasteiger partial charge in [-0.05, 0) is 54.4 Å². The van der Waals surface area contributed by atoms with E-state index in [4.69, 9.17) is 16.3 Å². The summed E-state index contributed by atoms with van der Waals surface area (Å²) in [5.74, 6) is -0.756. The Bertz CT molecular complexity index is 1040. The van der Waals surface area contributed by atoms with Gasteiger partial charge >= 0.3 is 12.1 Å². The van der Waals surface area contributed by atoms with Gasteiger partial charge in [0.15, 0.2) is 0 Å². The highest BCUT2D eigenvalue weighted by Crippen LogP contribution is 2.40. The number of nitrogens with zero attached hydrogens (tertiary/aromatic N) is 1. The summed E-state index contributed by atoms with van der Waals surface area (Å²) in [6, 6.07) is 9.80. The van der Waals surface area contributed by atoms with Crippen LogP contribution in [0.25, 0.3) is 5.69 Å². The third kappa shape index (κ3) is 4.63. The number of alkyl halides is 3. The molecular formula is C19H14ClF3N2O3S. The summed E-state index contributed by atoms with van der Waals surface area (Å²) in [5, 5.41) is 8.74. The monoisotopic (exact) mass is 442 g/mol. The Labute approximate surface area is 173 Å². The smallest absolute Gasteiger partial charge is 0.417 e. The summed E-state index contributed by atoms with van der Waals surface area (Å²) in [5.41, 5.74) is -0.420. The highest BCUT2D eigenvalue weighted by Gasteiger charge is 2.34. The number of ether oxygens (including phenoxy) is 1. The number of rotatable bonds is 6. The molecule has 0 fully saturated rings. The van der Waals surface area contributed by atoms with E-state index in [0.717, 1.165) is 18.0 Å². The first-order valence-corrected chi connectivity index (χ1v) is 9.28. The molecule has 1 aromatic heterocycles. The Morgan fingerprint density at radius 1 is 1.21 bits per heavy atom. The third-order valence-electron chi connectivity index (χ3n) is 3.95. The number of aromatic nitrogens is 1. The zero-order valence-corrected chi connectivity index (χ0v) is 16.4. The predicted octanol–water partition coefficient (Wildman–Crippen LogP) is 5.98. The number of carboxylic acids is 1. The molecule has 0 aliphatic carbocycles. The number of halogens is 4. The lowest BCUT2D eigenvalue weighted by Crippen LogP contribution is -2.08. The van der Waals surface area contributed by atoms with Crippen molar-refractivity contribution in [3.05, 3.63) is 71.0 Å². The SMILES string of the molecule is COc1ccc(C(=O)O)cc1SNc1cc(C(F)(F)F)c(Cl)cc1-n1cccc1. The molecule has 10 heteroatoms. The molecule has 0 radical (unpaired) electrons. The number of anilines is 1. The molecular weight excluding hydrogens is 429 g/mol. The minimum Gasteiger partial charge on any atom is -0.496 e. The average Bonchev–Trinajstić information content (AvgIpc) is 3.20. The van der Waals surface area contributed by atoms with Gasteiger partial charge in [0.2, 0.25) is 0 Å². The minimum absolute atomic E-state index is 0.0211. The average molecular weight is 443 g/mol. The topological polar surface area (TPSA) is 63.5 Å². The normalized spacial score (nSPS) is 11.3. The molecule has 29 heavy (non-hydrogen) atoms. The molecule has 3 rings (SSSR count). The molecule has 0 spiro atoms. The van der Waals surface area contributed by atoms with E-state index in [1.165, 1.54) is 31.4 Å². The maximum Gasteiger partial charge on any atom is 0.417 e. The van der Waals surface area contributed by atoms with Gasteiger partial charge in [-0.1, -0.05) is 11.6 Å². The maximum atomic E-state index is 13.3. The van der Waals surface area contributed by atoms with Crippen molar-refractivity contribution >= 4 is 35.2 Å². The fraction of sp³-hybridized carbons (Fsp3) is 0.105. The van der Waals surface area contributed by atoms with Crippen LogP contribution >= 0.6 is 23.5 Å². The van der Waals surface area contributed by atoms with Crippen LogP contribution in [0.15, 0.2) is 59.8 Å². The van der Waals surface area contributed by atoms with Crippen molar-refractivity contribution in [1.29, 1.82) is 0 Å². The van der Waals surface area contributed by atoms with Crippen LogP contribution in [0.1, 0.15) is 15.9 Å². The summed E-state index contributed by atoms with van der Waals surface area (Å²) < 4.78 is 49.6. The van der Waals surface area contributed by atoms with Crippen LogP contribution in [-0.4, -0.2) is 22.8 Å². The fourth-order valence-corrected chi connectivity index (χ4v) is 3.66. The van der Waals surface area contributed by atoms with Gasteiger partial charge < -0.3 is 19.1 Å². The van der Waals surface area contributed by atoms with Crippen molar-refractivity contribution in [3.63, 3.8) is 0 Å². The number of carbonyl (C=O) groups is 1. The molecule has 2 aromatic carbocycles. The van der Waals surface area contributed by atoms with Gasteiger partial charge in [0.05, 0.1) is 39.5 Å². The van der Waals surface area contributed by atoms with Crippen LogP contribution in [-0.2, 0) is 6.18 Å². The number of hydrogen-bond donors (Lipinski definition) is 2. The Kier molecular flexibility index (Phi) is 5.99. The lowest BCUT2D eigenvalue weighted by molar-refractivity contribution is -0.137. The number of benzene rings is 2. The van der Waals surface area contributed by atoms with Crippen LogP contribution in [0.2, 0.25) is 5.02 Å². The summed E-state index contributed by atoms with van der Waals surface area (Å²) in [6.07, 6.45) is -1.30. The number of aromatic carboxylic acids is 1. The minimum atomic E-state index is -4.63. The van der Waals surface area contributed by atoms with E-state index in [9.17, 15) is 23.1 Å². The predicted molar refractivity (Wildman–Crippen MR) is 105 cm³/mol. The molecule has 0 aliphatic heterocycles. The number of methoxy groups -OCH3 is 1. The first-order valence-electron chi connectivity index (χ1n) is 8.09. The first kappa shape index (κ1) is 20.9. The highest BCUT2D eigenvalue weighted by atomic mass is 35.5. The lowest BCUT2D eigenvalue weighted by atomic mass is 10.1. The van der Waals surface area contributed by atoms with E-state index in [1.54, 1.807) is 29.1 Å². The van der Waals surface area contributed by atoms with Gasteiger partial charge in [0.1, 0.15) is 5.75 Å². The second-order valence-corrected chi connectivity index (χ2v) is 7.07. The molecule has 0 atom stereocenters. The van der Waals surface area contributed by atoms with Gasteiger partial charge in [-0.25, -0.2) is 4.79 Å². The van der Waals surface area contributed by atoms with Crippen LogP contribution in [0.4, 0.5) is 18.9 Å². The Balaban J connectivity index is 2.02. The van der Waals surface area contributed by atoms with Gasteiger partial charge in [-0.15, -0.1) is 0 Å². The quantitative estimate of drug-likeness (QED) is 0.460. The van der Waals surface area contributed by atoms with Crippen LogP contribution in [0, 0.1) is 0 Å². The van der Waals surface area contributed by atoms with Crippen LogP contribution in [0.5, 0.6) is 5.75 Å². The van der Waals surface area contributed by atoms with Crippen molar-refractivity contribution in [2.75, 3.05) is 11.8 Å². The standard InChI is InChI=1S/C19H14ClF3N2O3S/c1-28-16-5-4-11(18(26)27)8-17(16)29-24-14-9-12(19(21,22)23)13(20)10-15(14)25-6-2-3-7-25/h2-10,24H,1H3,(H,26,27). The zero-order chi connectivity index (χ0) is 21.2. The molecule has 0 saturated heterocycles. The second-order valence-electron chi connectivity index (χ2n) is 5.81. The van der Waals surface area contributed by atoms with Gasteiger partial charge in [-0.2, -0.15) is 13.2 Å². The largest absolute Gasteiger partial charge is 0.496 e. The number of carboxylic acid groups (broad SMARTS) is 1. The van der Waals surface area contributed by atoms with Gasteiger partial charge in [0.25, 0.3) is 0 Å². The van der Waals surface area contributed by atoms with Crippen molar-refractivity contribution < 1.29 is 27.8 Å². The first-order chi connectivity index (χ1) is 13.7. The van der Waals surface area contributed by atoms with Crippen molar-refractivity contribution in [2.45, 2.75) is 11.1 Å². The Morgan fingerprint density at radius 3 is 2.48 bits per heavy atom. The number of nitrogens with one attached hydrogen (secondary N) is 1. The summed E-state index contributed by atoms with van der Waals surface area (Å²) in [4.78, 5) is 11.6. The van der Waals surface area contributed by atoms with E-state index in [0.29, 0.717) is 16.3 Å². The van der Waals surface area contributed by atoms with Crippen molar-refractivity contribution in [1.82, 2.24) is 4.57 Å². The zero-order valence-electron chi connectivity index (χ0n) is 14.8. The Morgan fingerprint density at radius 2 is 1.90 bits per heavy atom. The summed E-state index contributed by atoms with van der Waals surface area (Å²) in [6.45, 7) is 0. The van der Waals surface area contributed by atoms with Crippen LogP contribution < -0.4 is 9.46 Å². The van der Waals surface area contributed by atoms with Gasteiger partial charge in [0, 0.05) is 12.4 Å². The van der Waals surface area contributed by atoms with Gasteiger partial charge in [-0.3, -0.25) is 0 Å². The summed E-state index contributed by atoms with van der Waals surface area (Å²) >= 11 is 6.80. The molecule has 152 valence electrons. The van der Waals surface area contributed by atoms with E-state index in [2.05, 4.69) is 4.72 Å². The van der Waals surface area contributed by atoms with E-state index in [1.807, 2.05) is 0 Å². The molecule has 5 nitrogen and oxygen atoms in total. The van der Waals surface area contributed by atoms with E-state index < -0.39 is 22.7 Å². The van der Waals surface area contributed by atoms with Crippen molar-refractivity contribution in [3.8, 4) is 11.4 Å². The highest BCUT2D eigenvalue weighted by molar-refractivity contribution is 8.00. The third-order valence-corrected chi connectivity index (χ3v) is 5.13. The molecule has 0 aliphatic rings. The molecule has 1 heterocycles. The lowest BCUT2D eigenvalue weighted by Gasteiger charge is -2.18. The molecule has 0 unspecified atom stereocenters. The van der Waals surface area contributed by atoms with E-state index >= 15 is 0 Å². The molecule has 0 saturated carbocycles. The number of hydrogen-bond acceptors (Lipinski definition) is 4.